The van der Waals surface area contributed by atoms with Gasteiger partial charge in [0.15, 0.2) is 5.82 Å². The number of halogens is 4. The van der Waals surface area contributed by atoms with Crippen molar-refractivity contribution in [1.82, 2.24) is 30.6 Å². The molecule has 33 heavy (non-hydrogen) atoms. The summed E-state index contributed by atoms with van der Waals surface area (Å²) in [6.07, 6.45) is -1.25. The standard InChI is InChI=1S/C20H22ClF3N8O/c1-11(19(33)28-10-20(22,23)24)29-15-7-16(32-4-2-25-3-5-32)31-18(30-15)14-9-27-17-13(14)6-12(21)8-26-17/h6-9,11,25H,2-5,10H2,1H3,(H,26,27)(H,28,33)(H,29,30,31)/t11-/m0/s1. The predicted molar refractivity (Wildman–Crippen MR) is 119 cm³/mol. The van der Waals surface area contributed by atoms with E-state index in [4.69, 9.17) is 16.6 Å². The lowest BCUT2D eigenvalue weighted by molar-refractivity contribution is -0.138. The number of aromatic nitrogens is 4. The molecular weight excluding hydrogens is 461 g/mol. The second kappa shape index (κ2) is 9.40. The molecule has 1 atom stereocenters. The van der Waals surface area contributed by atoms with Crippen LogP contribution in [0, 0.1) is 0 Å². The molecule has 0 radical (unpaired) electrons. The maximum Gasteiger partial charge on any atom is 0.405 e. The topological polar surface area (TPSA) is 111 Å². The molecule has 1 aliphatic heterocycles. The summed E-state index contributed by atoms with van der Waals surface area (Å²) in [7, 11) is 0. The van der Waals surface area contributed by atoms with Crippen LogP contribution < -0.4 is 20.9 Å². The van der Waals surface area contributed by atoms with Crippen LogP contribution in [0.15, 0.2) is 24.5 Å². The Morgan fingerprint density at radius 2 is 2.03 bits per heavy atom. The van der Waals surface area contributed by atoms with Crippen molar-refractivity contribution in [3.05, 3.63) is 29.5 Å². The smallest absolute Gasteiger partial charge is 0.358 e. The Balaban J connectivity index is 1.66. The first-order valence-electron chi connectivity index (χ1n) is 10.3. The Kier molecular flexibility index (Phi) is 6.56. The number of piperazine rings is 1. The van der Waals surface area contributed by atoms with Crippen molar-refractivity contribution in [3.63, 3.8) is 0 Å². The van der Waals surface area contributed by atoms with Crippen molar-refractivity contribution in [1.29, 1.82) is 0 Å². The van der Waals surface area contributed by atoms with E-state index in [2.05, 4.69) is 30.5 Å². The van der Waals surface area contributed by atoms with Gasteiger partial charge in [0, 0.05) is 55.6 Å². The molecule has 1 saturated heterocycles. The number of H-pyrrole nitrogens is 1. The molecule has 0 bridgehead atoms. The molecule has 0 spiro atoms. The first-order valence-corrected chi connectivity index (χ1v) is 10.7. The average molecular weight is 483 g/mol. The molecule has 1 fully saturated rings. The van der Waals surface area contributed by atoms with Gasteiger partial charge in [-0.2, -0.15) is 13.2 Å². The van der Waals surface area contributed by atoms with Gasteiger partial charge in [-0.05, 0) is 13.0 Å². The third kappa shape index (κ3) is 5.63. The lowest BCUT2D eigenvalue weighted by Crippen LogP contribution is -2.44. The molecule has 4 rings (SSSR count). The Morgan fingerprint density at radius 1 is 1.27 bits per heavy atom. The predicted octanol–water partition coefficient (Wildman–Crippen LogP) is 2.56. The van der Waals surface area contributed by atoms with Gasteiger partial charge in [-0.25, -0.2) is 15.0 Å². The quantitative estimate of drug-likeness (QED) is 0.427. The van der Waals surface area contributed by atoms with Gasteiger partial charge < -0.3 is 25.8 Å². The molecule has 1 aliphatic rings. The van der Waals surface area contributed by atoms with Crippen molar-refractivity contribution in [2.45, 2.75) is 19.1 Å². The van der Waals surface area contributed by atoms with Crippen LogP contribution >= 0.6 is 11.6 Å². The van der Waals surface area contributed by atoms with Gasteiger partial charge in [-0.3, -0.25) is 4.79 Å². The van der Waals surface area contributed by atoms with E-state index < -0.39 is 24.7 Å². The fourth-order valence-corrected chi connectivity index (χ4v) is 3.63. The van der Waals surface area contributed by atoms with E-state index in [0.29, 0.717) is 33.7 Å². The van der Waals surface area contributed by atoms with E-state index in [-0.39, 0.29) is 0 Å². The monoisotopic (exact) mass is 482 g/mol. The minimum atomic E-state index is -4.49. The number of aromatic amines is 1. The summed E-state index contributed by atoms with van der Waals surface area (Å²) >= 11 is 6.12. The number of pyridine rings is 1. The number of carbonyl (C=O) groups is 1. The normalized spacial score (nSPS) is 15.5. The number of nitrogens with one attached hydrogen (secondary N) is 4. The van der Waals surface area contributed by atoms with Crippen LogP contribution in [0.3, 0.4) is 0 Å². The van der Waals surface area contributed by atoms with Gasteiger partial charge in [-0.15, -0.1) is 0 Å². The summed E-state index contributed by atoms with van der Waals surface area (Å²) < 4.78 is 37.3. The number of hydrogen-bond acceptors (Lipinski definition) is 7. The highest BCUT2D eigenvalue weighted by atomic mass is 35.5. The van der Waals surface area contributed by atoms with Crippen LogP contribution in [0.5, 0.6) is 0 Å². The molecular formula is C20H22ClF3N8O. The second-order valence-corrected chi connectivity index (χ2v) is 8.06. The summed E-state index contributed by atoms with van der Waals surface area (Å²) in [5, 5.41) is 9.22. The van der Waals surface area contributed by atoms with Crippen LogP contribution in [0.4, 0.5) is 24.8 Å². The molecule has 3 aromatic rings. The van der Waals surface area contributed by atoms with Crippen LogP contribution in [-0.2, 0) is 4.79 Å². The van der Waals surface area contributed by atoms with Gasteiger partial charge in [0.25, 0.3) is 0 Å². The van der Waals surface area contributed by atoms with Gasteiger partial charge in [-0.1, -0.05) is 11.6 Å². The van der Waals surface area contributed by atoms with Crippen molar-refractivity contribution >= 4 is 40.2 Å². The maximum absolute atomic E-state index is 12.4. The van der Waals surface area contributed by atoms with Crippen molar-refractivity contribution in [2.75, 3.05) is 42.9 Å². The highest BCUT2D eigenvalue weighted by molar-refractivity contribution is 6.31. The minimum absolute atomic E-state index is 0.313. The first-order chi connectivity index (χ1) is 15.7. The highest BCUT2D eigenvalue weighted by Gasteiger charge is 2.29. The third-order valence-electron chi connectivity index (χ3n) is 5.11. The van der Waals surface area contributed by atoms with E-state index in [1.54, 1.807) is 18.3 Å². The van der Waals surface area contributed by atoms with Crippen LogP contribution in [0.1, 0.15) is 6.92 Å². The minimum Gasteiger partial charge on any atom is -0.358 e. The molecule has 176 valence electrons. The molecule has 3 aromatic heterocycles. The number of rotatable bonds is 6. The molecule has 4 N–H and O–H groups in total. The zero-order valence-electron chi connectivity index (χ0n) is 17.6. The van der Waals surface area contributed by atoms with Crippen LogP contribution in [0.2, 0.25) is 5.02 Å². The number of amides is 1. The molecule has 4 heterocycles. The van der Waals surface area contributed by atoms with Gasteiger partial charge >= 0.3 is 6.18 Å². The Hall–Kier alpha value is -3.12. The fraction of sp³-hybridized carbons (Fsp3) is 0.400. The van der Waals surface area contributed by atoms with Gasteiger partial charge in [0.2, 0.25) is 5.91 Å². The second-order valence-electron chi connectivity index (χ2n) is 7.62. The Morgan fingerprint density at radius 3 is 2.76 bits per heavy atom. The van der Waals surface area contributed by atoms with E-state index >= 15 is 0 Å². The largest absolute Gasteiger partial charge is 0.405 e. The highest BCUT2D eigenvalue weighted by Crippen LogP contribution is 2.30. The van der Waals surface area contributed by atoms with Gasteiger partial charge in [0.1, 0.15) is 29.9 Å². The Labute approximate surface area is 192 Å². The molecule has 9 nitrogen and oxygen atoms in total. The van der Waals surface area contributed by atoms with E-state index in [0.717, 1.165) is 31.6 Å². The van der Waals surface area contributed by atoms with E-state index in [1.165, 1.54) is 13.1 Å². The molecule has 0 unspecified atom stereocenters. The summed E-state index contributed by atoms with van der Waals surface area (Å²) in [6, 6.07) is 2.48. The molecule has 0 aromatic carbocycles. The Bertz CT molecular complexity index is 1150. The number of carbonyl (C=O) groups excluding carboxylic acids is 1. The summed E-state index contributed by atoms with van der Waals surface area (Å²) in [6.45, 7) is 3.07. The SMILES string of the molecule is C[C@H](Nc1cc(N2CCNCC2)nc(-c2c[nH]c3ncc(Cl)cc23)n1)C(=O)NCC(F)(F)F. The molecule has 0 aliphatic carbocycles. The fourth-order valence-electron chi connectivity index (χ4n) is 3.48. The average Bonchev–Trinajstić information content (AvgIpc) is 3.20. The molecule has 0 saturated carbocycles. The lowest BCUT2D eigenvalue weighted by atomic mass is 10.2. The number of fused-ring (bicyclic) bond motifs is 1. The number of alkyl halides is 3. The number of nitrogens with zero attached hydrogens (tertiary/aromatic N) is 4. The lowest BCUT2D eigenvalue weighted by Gasteiger charge is -2.29. The van der Waals surface area contributed by atoms with Crippen molar-refractivity contribution in [3.8, 4) is 11.4 Å². The van der Waals surface area contributed by atoms with Gasteiger partial charge in [0.05, 0.1) is 5.02 Å². The third-order valence-corrected chi connectivity index (χ3v) is 5.32. The summed E-state index contributed by atoms with van der Waals surface area (Å²) in [5.41, 5.74) is 1.27. The maximum atomic E-state index is 12.4. The number of hydrogen-bond donors (Lipinski definition) is 4. The van der Waals surface area contributed by atoms with E-state index in [9.17, 15) is 18.0 Å². The zero-order chi connectivity index (χ0) is 23.6. The summed E-state index contributed by atoms with van der Waals surface area (Å²) in [5.74, 6) is 0.523. The van der Waals surface area contributed by atoms with E-state index in [1.807, 2.05) is 5.32 Å². The molecule has 1 amide bonds. The first kappa shape index (κ1) is 23.1. The van der Waals surface area contributed by atoms with Crippen molar-refractivity contribution < 1.29 is 18.0 Å². The van der Waals surface area contributed by atoms with Crippen LogP contribution in [0.25, 0.3) is 22.4 Å². The van der Waals surface area contributed by atoms with Crippen LogP contribution in [-0.4, -0.2) is 70.8 Å². The van der Waals surface area contributed by atoms with Crippen molar-refractivity contribution in [2.24, 2.45) is 0 Å². The number of anilines is 2. The zero-order valence-corrected chi connectivity index (χ0v) is 18.4. The summed E-state index contributed by atoms with van der Waals surface area (Å²) in [4.78, 5) is 30.8. The molecule has 13 heteroatoms.